The molecule has 3 aromatic carbocycles. The van der Waals surface area contributed by atoms with Crippen LogP contribution < -0.4 is 15.6 Å². The predicted molar refractivity (Wildman–Crippen MR) is 131 cm³/mol. The predicted octanol–water partition coefficient (Wildman–Crippen LogP) is 4.32. The lowest BCUT2D eigenvalue weighted by molar-refractivity contribution is 0.0955. The number of anilines is 1. The maximum atomic E-state index is 12.5. The number of carbonyl (C=O) groups is 1. The molecule has 1 amide bonds. The average Bonchev–Trinajstić information content (AvgIpc) is 2.81. The molecule has 34 heavy (non-hydrogen) atoms. The number of rotatable bonds is 6. The zero-order chi connectivity index (χ0) is 24.3. The van der Waals surface area contributed by atoms with Crippen LogP contribution in [0.2, 0.25) is 5.02 Å². The lowest BCUT2D eigenvalue weighted by atomic mass is 10.2. The van der Waals surface area contributed by atoms with E-state index in [2.05, 4.69) is 15.2 Å². The molecule has 0 spiro atoms. The summed E-state index contributed by atoms with van der Waals surface area (Å²) in [6.45, 7) is 1.87. The minimum atomic E-state index is -3.75. The Morgan fingerprint density at radius 2 is 1.74 bits per heavy atom. The van der Waals surface area contributed by atoms with E-state index in [4.69, 9.17) is 16.0 Å². The van der Waals surface area contributed by atoms with E-state index in [1.54, 1.807) is 24.3 Å². The molecule has 0 unspecified atom stereocenters. The van der Waals surface area contributed by atoms with Gasteiger partial charge in [0.25, 0.3) is 15.9 Å². The van der Waals surface area contributed by atoms with E-state index in [1.165, 1.54) is 54.9 Å². The summed E-state index contributed by atoms with van der Waals surface area (Å²) in [5.74, 6) is -0.544. The molecule has 0 atom stereocenters. The second-order valence-electron chi connectivity index (χ2n) is 7.36. The number of sulfonamides is 1. The first-order chi connectivity index (χ1) is 16.2. The van der Waals surface area contributed by atoms with E-state index < -0.39 is 15.9 Å². The minimum Gasteiger partial charge on any atom is -0.463 e. The summed E-state index contributed by atoms with van der Waals surface area (Å²) in [4.78, 5) is 25.0. The van der Waals surface area contributed by atoms with Crippen LogP contribution in [-0.2, 0) is 10.0 Å². The molecule has 0 radical (unpaired) electrons. The second kappa shape index (κ2) is 9.50. The fraction of sp³-hybridized carbons (Fsp3) is 0.0417. The third-order valence-electron chi connectivity index (χ3n) is 4.86. The topological polar surface area (TPSA) is 118 Å². The lowest BCUT2D eigenvalue weighted by Crippen LogP contribution is -2.19. The molecule has 8 nitrogen and oxygen atoms in total. The number of aryl methyl sites for hydroxylation is 1. The third kappa shape index (κ3) is 5.16. The highest BCUT2D eigenvalue weighted by Crippen LogP contribution is 2.18. The van der Waals surface area contributed by atoms with Crippen LogP contribution in [0.4, 0.5) is 5.69 Å². The number of nitrogens with one attached hydrogen (secondary N) is 2. The van der Waals surface area contributed by atoms with Gasteiger partial charge in [-0.2, -0.15) is 5.10 Å². The number of benzene rings is 3. The van der Waals surface area contributed by atoms with Gasteiger partial charge in [-0.15, -0.1) is 0 Å². The maximum absolute atomic E-state index is 12.5. The lowest BCUT2D eigenvalue weighted by Gasteiger charge is -2.09. The van der Waals surface area contributed by atoms with Crippen molar-refractivity contribution in [1.82, 2.24) is 5.43 Å². The standard InChI is InChI=1S/C24H18ClN3O5S/c1-15-2-9-20(10-3-15)34(31,32)28-19-7-4-16(5-8-19)24(30)27-26-13-17-14-33-22-11-6-18(25)12-21(22)23(17)29/h2-14,28H,1H3,(H,27,30)/b26-13+. The zero-order valence-corrected chi connectivity index (χ0v) is 19.4. The summed E-state index contributed by atoms with van der Waals surface area (Å²) in [5, 5.41) is 4.50. The van der Waals surface area contributed by atoms with Gasteiger partial charge in [0.2, 0.25) is 5.43 Å². The number of amides is 1. The largest absolute Gasteiger partial charge is 0.463 e. The smallest absolute Gasteiger partial charge is 0.271 e. The van der Waals surface area contributed by atoms with Crippen LogP contribution in [0.25, 0.3) is 11.0 Å². The van der Waals surface area contributed by atoms with Gasteiger partial charge in [-0.05, 0) is 61.5 Å². The van der Waals surface area contributed by atoms with Crippen molar-refractivity contribution in [1.29, 1.82) is 0 Å². The Morgan fingerprint density at radius 1 is 1.03 bits per heavy atom. The van der Waals surface area contributed by atoms with Crippen LogP contribution >= 0.6 is 11.6 Å². The van der Waals surface area contributed by atoms with E-state index in [0.717, 1.165) is 5.56 Å². The number of hydrogen-bond donors (Lipinski definition) is 2. The molecule has 0 saturated heterocycles. The van der Waals surface area contributed by atoms with Crippen molar-refractivity contribution in [3.8, 4) is 0 Å². The van der Waals surface area contributed by atoms with Gasteiger partial charge < -0.3 is 4.42 Å². The van der Waals surface area contributed by atoms with Crippen molar-refractivity contribution in [2.75, 3.05) is 4.72 Å². The van der Waals surface area contributed by atoms with Gasteiger partial charge in [0, 0.05) is 16.3 Å². The maximum Gasteiger partial charge on any atom is 0.271 e. The first-order valence-electron chi connectivity index (χ1n) is 9.97. The molecular weight excluding hydrogens is 478 g/mol. The Hall–Kier alpha value is -3.95. The van der Waals surface area contributed by atoms with Gasteiger partial charge in [-0.3, -0.25) is 14.3 Å². The van der Waals surface area contributed by atoms with Crippen molar-refractivity contribution in [3.05, 3.63) is 105 Å². The number of carbonyl (C=O) groups excluding carboxylic acids is 1. The van der Waals surface area contributed by atoms with Gasteiger partial charge >= 0.3 is 0 Å². The van der Waals surface area contributed by atoms with E-state index in [1.807, 2.05) is 6.92 Å². The van der Waals surface area contributed by atoms with Crippen LogP contribution in [0.3, 0.4) is 0 Å². The molecule has 0 bridgehead atoms. The Morgan fingerprint density at radius 3 is 2.44 bits per heavy atom. The first kappa shape index (κ1) is 23.2. The van der Waals surface area contributed by atoms with E-state index in [0.29, 0.717) is 21.7 Å². The number of fused-ring (bicyclic) bond motifs is 1. The molecular formula is C24H18ClN3O5S. The Kier molecular flexibility index (Phi) is 6.49. The van der Waals surface area contributed by atoms with Crippen LogP contribution in [0.1, 0.15) is 21.5 Å². The fourth-order valence-electron chi connectivity index (χ4n) is 3.05. The highest BCUT2D eigenvalue weighted by molar-refractivity contribution is 7.92. The fourth-order valence-corrected chi connectivity index (χ4v) is 4.28. The summed E-state index contributed by atoms with van der Waals surface area (Å²) in [5.41, 5.74) is 3.99. The SMILES string of the molecule is Cc1ccc(S(=O)(=O)Nc2ccc(C(=O)N/N=C/c3coc4ccc(Cl)cc4c3=O)cc2)cc1. The monoisotopic (exact) mass is 495 g/mol. The van der Waals surface area contributed by atoms with Crippen LogP contribution in [0.5, 0.6) is 0 Å². The van der Waals surface area contributed by atoms with Crippen molar-refractivity contribution >= 4 is 50.4 Å². The van der Waals surface area contributed by atoms with Gasteiger partial charge in [-0.25, -0.2) is 13.8 Å². The Labute approximate surface area is 199 Å². The van der Waals surface area contributed by atoms with Gasteiger partial charge in [0.1, 0.15) is 11.8 Å². The van der Waals surface area contributed by atoms with Crippen molar-refractivity contribution < 1.29 is 17.6 Å². The van der Waals surface area contributed by atoms with Crippen molar-refractivity contribution in [2.24, 2.45) is 5.10 Å². The molecule has 4 aromatic rings. The number of nitrogens with zero attached hydrogens (tertiary/aromatic N) is 1. The van der Waals surface area contributed by atoms with E-state index in [-0.39, 0.29) is 21.5 Å². The summed E-state index contributed by atoms with van der Waals surface area (Å²) in [7, 11) is -3.75. The van der Waals surface area contributed by atoms with Crippen LogP contribution in [0, 0.1) is 6.92 Å². The molecule has 0 fully saturated rings. The number of halogens is 1. The van der Waals surface area contributed by atoms with Crippen molar-refractivity contribution in [2.45, 2.75) is 11.8 Å². The average molecular weight is 496 g/mol. The molecule has 10 heteroatoms. The van der Waals surface area contributed by atoms with E-state index >= 15 is 0 Å². The molecule has 1 heterocycles. The normalized spacial score (nSPS) is 11.6. The highest BCUT2D eigenvalue weighted by atomic mass is 35.5. The van der Waals surface area contributed by atoms with Crippen LogP contribution in [-0.4, -0.2) is 20.5 Å². The molecule has 0 aliphatic heterocycles. The Bertz CT molecular complexity index is 1560. The summed E-state index contributed by atoms with van der Waals surface area (Å²) in [6, 6.07) is 17.0. The number of hydrazone groups is 1. The first-order valence-corrected chi connectivity index (χ1v) is 11.8. The molecule has 4 rings (SSSR count). The van der Waals surface area contributed by atoms with Gasteiger partial charge in [0.15, 0.2) is 0 Å². The molecule has 0 saturated carbocycles. The summed E-state index contributed by atoms with van der Waals surface area (Å²) >= 11 is 5.93. The molecule has 2 N–H and O–H groups in total. The molecule has 1 aromatic heterocycles. The van der Waals surface area contributed by atoms with Gasteiger partial charge in [-0.1, -0.05) is 29.3 Å². The molecule has 0 aliphatic carbocycles. The molecule has 172 valence electrons. The number of hydrogen-bond acceptors (Lipinski definition) is 6. The van der Waals surface area contributed by atoms with E-state index in [9.17, 15) is 18.0 Å². The zero-order valence-electron chi connectivity index (χ0n) is 17.8. The van der Waals surface area contributed by atoms with Gasteiger partial charge in [0.05, 0.1) is 22.1 Å². The summed E-state index contributed by atoms with van der Waals surface area (Å²) in [6.07, 6.45) is 2.41. The molecule has 0 aliphatic rings. The van der Waals surface area contributed by atoms with Crippen LogP contribution in [0.15, 0.2) is 92.2 Å². The highest BCUT2D eigenvalue weighted by Gasteiger charge is 2.14. The quantitative estimate of drug-likeness (QED) is 0.305. The summed E-state index contributed by atoms with van der Waals surface area (Å²) < 4.78 is 32.8. The third-order valence-corrected chi connectivity index (χ3v) is 6.49. The van der Waals surface area contributed by atoms with Crippen molar-refractivity contribution in [3.63, 3.8) is 0 Å². The Balaban J connectivity index is 1.43. The minimum absolute atomic E-state index is 0.134. The second-order valence-corrected chi connectivity index (χ2v) is 9.47.